The van der Waals surface area contributed by atoms with Gasteiger partial charge >= 0.3 is 0 Å². The molecule has 0 bridgehead atoms. The molecule has 6 nitrogen and oxygen atoms in total. The van der Waals surface area contributed by atoms with E-state index < -0.39 is 11.1 Å². The highest BCUT2D eigenvalue weighted by atomic mass is 79.9. The number of halogens is 2. The van der Waals surface area contributed by atoms with E-state index >= 15 is 0 Å². The molecule has 2 aromatic rings. The number of ether oxygens (including phenoxy) is 2. The second kappa shape index (κ2) is 9.00. The minimum atomic E-state index is -0.974. The van der Waals surface area contributed by atoms with Crippen molar-refractivity contribution in [3.05, 3.63) is 64.6 Å². The fourth-order valence-corrected chi connectivity index (χ4v) is 3.20. The van der Waals surface area contributed by atoms with Crippen LogP contribution in [0.15, 0.2) is 59.1 Å². The Morgan fingerprint density at radius 3 is 2.89 bits per heavy atom. The van der Waals surface area contributed by atoms with Crippen LogP contribution in [0.25, 0.3) is 0 Å². The summed E-state index contributed by atoms with van der Waals surface area (Å²) in [6, 6.07) is 10.4. The van der Waals surface area contributed by atoms with E-state index in [9.17, 15) is 5.11 Å². The van der Waals surface area contributed by atoms with Gasteiger partial charge in [-0.15, -0.1) is 0 Å². The van der Waals surface area contributed by atoms with Crippen molar-refractivity contribution in [2.24, 2.45) is 4.99 Å². The summed E-state index contributed by atoms with van der Waals surface area (Å²) in [6.45, 7) is 0.384. The Hall–Kier alpha value is -2.40. The van der Waals surface area contributed by atoms with E-state index in [1.54, 1.807) is 42.9 Å². The average Bonchev–Trinajstić information content (AvgIpc) is 2.67. The zero-order valence-corrected chi connectivity index (χ0v) is 16.4. The molecule has 0 amide bonds. The Bertz CT molecular complexity index is 912. The molecule has 1 N–H and O–H groups in total. The molecule has 0 aliphatic carbocycles. The van der Waals surface area contributed by atoms with Gasteiger partial charge in [0, 0.05) is 29.4 Å². The standard InChI is InChI=1S/C19H15BrClN3O3/c20-17-18(27-16-7-12(9-22)6-14(21)8-16)13(10-24-19(17)25)3-5-26-15-2-1-4-23-11-15/h1-2,4,6-8,10-11,17,19,25H,3,5H2. The molecule has 2 atom stereocenters. The first-order chi connectivity index (χ1) is 13.1. The van der Waals surface area contributed by atoms with Crippen LogP contribution in [0.4, 0.5) is 0 Å². The highest BCUT2D eigenvalue weighted by molar-refractivity contribution is 9.09. The molecule has 2 unspecified atom stereocenters. The molecule has 0 saturated carbocycles. The molecular formula is C19H15BrClN3O3. The Labute approximate surface area is 169 Å². The number of aliphatic hydroxyl groups is 1. The molecule has 8 heteroatoms. The van der Waals surface area contributed by atoms with E-state index in [2.05, 4.69) is 25.9 Å². The van der Waals surface area contributed by atoms with E-state index in [-0.39, 0.29) is 0 Å². The van der Waals surface area contributed by atoms with E-state index in [0.717, 1.165) is 5.57 Å². The molecule has 0 spiro atoms. The summed E-state index contributed by atoms with van der Waals surface area (Å²) in [5.74, 6) is 1.57. The Morgan fingerprint density at radius 1 is 1.30 bits per heavy atom. The molecule has 1 aliphatic rings. The Kier molecular flexibility index (Phi) is 6.45. The summed E-state index contributed by atoms with van der Waals surface area (Å²) in [5.41, 5.74) is 1.15. The van der Waals surface area contributed by atoms with Crippen LogP contribution in [0.1, 0.15) is 12.0 Å². The molecule has 0 radical (unpaired) electrons. The molecule has 0 saturated heterocycles. The van der Waals surface area contributed by atoms with Gasteiger partial charge in [0.2, 0.25) is 0 Å². The van der Waals surface area contributed by atoms with Gasteiger partial charge in [0.15, 0.2) is 6.23 Å². The van der Waals surface area contributed by atoms with E-state index in [1.165, 1.54) is 0 Å². The second-order valence-corrected chi connectivity index (χ2v) is 7.08. The minimum Gasteiger partial charge on any atom is -0.492 e. The van der Waals surface area contributed by atoms with Gasteiger partial charge < -0.3 is 14.6 Å². The zero-order chi connectivity index (χ0) is 19.2. The Balaban J connectivity index is 1.79. The normalized spacial score (nSPS) is 18.9. The lowest BCUT2D eigenvalue weighted by Crippen LogP contribution is -2.29. The van der Waals surface area contributed by atoms with Gasteiger partial charge in [-0.2, -0.15) is 5.26 Å². The van der Waals surface area contributed by atoms with E-state index in [4.69, 9.17) is 26.3 Å². The SMILES string of the molecule is N#Cc1cc(Cl)cc(OC2=C(CCOc3cccnc3)C=NC(O)C2Br)c1. The lowest BCUT2D eigenvalue weighted by atomic mass is 10.1. The zero-order valence-electron chi connectivity index (χ0n) is 14.0. The quantitative estimate of drug-likeness (QED) is 0.678. The van der Waals surface area contributed by atoms with Crippen molar-refractivity contribution in [1.29, 1.82) is 5.26 Å². The number of nitriles is 1. The first kappa shape index (κ1) is 19.4. The van der Waals surface area contributed by atoms with Crippen LogP contribution < -0.4 is 9.47 Å². The average molecular weight is 449 g/mol. The van der Waals surface area contributed by atoms with Crippen LogP contribution in [0.5, 0.6) is 11.5 Å². The lowest BCUT2D eigenvalue weighted by molar-refractivity contribution is 0.175. The number of aliphatic hydroxyl groups excluding tert-OH is 1. The molecule has 1 aromatic heterocycles. The van der Waals surface area contributed by atoms with Crippen LogP contribution in [0.2, 0.25) is 5.02 Å². The molecule has 138 valence electrons. The minimum absolute atomic E-state index is 0.384. The predicted octanol–water partition coefficient (Wildman–Crippen LogP) is 3.87. The summed E-state index contributed by atoms with van der Waals surface area (Å²) in [4.78, 5) is 7.53. The van der Waals surface area contributed by atoms with Crippen LogP contribution in [-0.4, -0.2) is 34.0 Å². The smallest absolute Gasteiger partial charge is 0.164 e. The number of pyridine rings is 1. The fourth-order valence-electron chi connectivity index (χ4n) is 2.45. The third-order valence-corrected chi connectivity index (χ3v) is 4.82. The largest absolute Gasteiger partial charge is 0.492 e. The molecule has 27 heavy (non-hydrogen) atoms. The number of aromatic nitrogens is 1. The van der Waals surface area contributed by atoms with Gasteiger partial charge in [-0.1, -0.05) is 27.5 Å². The van der Waals surface area contributed by atoms with Crippen molar-refractivity contribution in [3.63, 3.8) is 0 Å². The summed E-state index contributed by atoms with van der Waals surface area (Å²) in [5, 5.41) is 19.5. The van der Waals surface area contributed by atoms with Crippen molar-refractivity contribution in [3.8, 4) is 17.6 Å². The van der Waals surface area contributed by atoms with Crippen LogP contribution in [0, 0.1) is 11.3 Å². The first-order valence-corrected chi connectivity index (χ1v) is 9.36. The third kappa shape index (κ3) is 5.07. The fraction of sp³-hybridized carbons (Fsp3) is 0.211. The number of hydrogen-bond donors (Lipinski definition) is 1. The number of nitrogens with zero attached hydrogens (tertiary/aromatic N) is 3. The molecule has 3 rings (SSSR count). The van der Waals surface area contributed by atoms with Gasteiger partial charge in [-0.25, -0.2) is 0 Å². The summed E-state index contributed by atoms with van der Waals surface area (Å²) in [7, 11) is 0. The summed E-state index contributed by atoms with van der Waals surface area (Å²) < 4.78 is 11.6. The maximum atomic E-state index is 10.0. The molecule has 1 aliphatic heterocycles. The number of dihydropyridines is 1. The van der Waals surface area contributed by atoms with Gasteiger partial charge in [0.05, 0.1) is 24.4 Å². The summed E-state index contributed by atoms with van der Waals surface area (Å²) in [6.07, 6.45) is 4.41. The number of aliphatic imine (C=N–C) groups is 1. The summed E-state index contributed by atoms with van der Waals surface area (Å²) >= 11 is 9.45. The van der Waals surface area contributed by atoms with Crippen LogP contribution >= 0.6 is 27.5 Å². The van der Waals surface area contributed by atoms with E-state index in [0.29, 0.717) is 40.9 Å². The van der Waals surface area contributed by atoms with Crippen molar-refractivity contribution in [2.45, 2.75) is 17.5 Å². The van der Waals surface area contributed by atoms with Crippen molar-refractivity contribution in [2.75, 3.05) is 6.61 Å². The predicted molar refractivity (Wildman–Crippen MR) is 105 cm³/mol. The van der Waals surface area contributed by atoms with Gasteiger partial charge in [0.1, 0.15) is 22.1 Å². The highest BCUT2D eigenvalue weighted by Crippen LogP contribution is 2.30. The first-order valence-electron chi connectivity index (χ1n) is 8.06. The number of rotatable bonds is 6. The monoisotopic (exact) mass is 447 g/mol. The topological polar surface area (TPSA) is 87.7 Å². The molecule has 2 heterocycles. The molecule has 0 fully saturated rings. The Morgan fingerprint density at radius 2 is 2.15 bits per heavy atom. The molecular weight excluding hydrogens is 434 g/mol. The van der Waals surface area contributed by atoms with Gasteiger partial charge in [0.25, 0.3) is 0 Å². The van der Waals surface area contributed by atoms with Crippen molar-refractivity contribution in [1.82, 2.24) is 4.98 Å². The van der Waals surface area contributed by atoms with Crippen LogP contribution in [0.3, 0.4) is 0 Å². The maximum Gasteiger partial charge on any atom is 0.164 e. The van der Waals surface area contributed by atoms with Gasteiger partial charge in [-0.3, -0.25) is 9.98 Å². The van der Waals surface area contributed by atoms with Crippen molar-refractivity contribution >= 4 is 33.7 Å². The number of benzene rings is 1. The second-order valence-electron chi connectivity index (χ2n) is 5.66. The lowest BCUT2D eigenvalue weighted by Gasteiger charge is -2.24. The van der Waals surface area contributed by atoms with Gasteiger partial charge in [-0.05, 0) is 30.3 Å². The highest BCUT2D eigenvalue weighted by Gasteiger charge is 2.28. The maximum absolute atomic E-state index is 10.0. The van der Waals surface area contributed by atoms with E-state index in [1.807, 2.05) is 12.1 Å². The van der Waals surface area contributed by atoms with Crippen molar-refractivity contribution < 1.29 is 14.6 Å². The number of hydrogen-bond acceptors (Lipinski definition) is 6. The molecule has 1 aromatic carbocycles. The number of alkyl halides is 1. The third-order valence-electron chi connectivity index (χ3n) is 3.71. The van der Waals surface area contributed by atoms with Crippen LogP contribution in [-0.2, 0) is 0 Å².